The quantitative estimate of drug-likeness (QED) is 0.461. The molecule has 1 saturated heterocycles. The molecule has 1 N–H and O–H groups in total. The Morgan fingerprint density at radius 1 is 1.22 bits per heavy atom. The van der Waals surface area contributed by atoms with Crippen LogP contribution in [0, 0.1) is 23.7 Å². The molecule has 166 valence electrons. The minimum absolute atomic E-state index is 0.111. The summed E-state index contributed by atoms with van der Waals surface area (Å²) in [6.45, 7) is 7.79. The zero-order valence-electron chi connectivity index (χ0n) is 18.1. The van der Waals surface area contributed by atoms with Gasteiger partial charge in [-0.05, 0) is 35.2 Å². The van der Waals surface area contributed by atoms with Crippen LogP contribution >= 0.6 is 0 Å². The van der Waals surface area contributed by atoms with E-state index in [1.165, 1.54) is 6.26 Å². The van der Waals surface area contributed by atoms with Crippen molar-refractivity contribution in [2.75, 3.05) is 19.6 Å². The molecule has 1 aliphatic rings. The van der Waals surface area contributed by atoms with Gasteiger partial charge in [0.25, 0.3) is 0 Å². The molecule has 1 fully saturated rings. The molecule has 1 aliphatic heterocycles. The summed E-state index contributed by atoms with van der Waals surface area (Å²) in [5.41, 5.74) is 3.21. The van der Waals surface area contributed by atoms with Crippen LogP contribution in [0.5, 0.6) is 0 Å². The number of hydrogen-bond donors (Lipinski definition) is 1. The molecule has 6 nitrogen and oxygen atoms in total. The van der Waals surface area contributed by atoms with Crippen molar-refractivity contribution in [2.45, 2.75) is 20.4 Å². The summed E-state index contributed by atoms with van der Waals surface area (Å²) >= 11 is -2.31. The average Bonchev–Trinajstić information content (AvgIpc) is 2.74. The first kappa shape index (κ1) is 22.4. The van der Waals surface area contributed by atoms with Gasteiger partial charge in [0.05, 0.1) is 10.9 Å². The molecule has 0 amide bonds. The molecule has 0 spiro atoms. The van der Waals surface area contributed by atoms with Crippen LogP contribution in [0.2, 0.25) is 0 Å². The minimum atomic E-state index is -2.31. The molecular formula is C25H25N2O4S-. The maximum Gasteiger partial charge on any atom is 0.200 e. The second kappa shape index (κ2) is 9.80. The molecule has 1 unspecified atom stereocenters. The Bertz CT molecular complexity index is 1250. The molecular weight excluding hydrogens is 424 g/mol. The van der Waals surface area contributed by atoms with Crippen molar-refractivity contribution in [2.24, 2.45) is 11.8 Å². The van der Waals surface area contributed by atoms with E-state index in [0.29, 0.717) is 33.9 Å². The Kier molecular flexibility index (Phi) is 6.87. The lowest BCUT2D eigenvalue weighted by molar-refractivity contribution is 0.120. The van der Waals surface area contributed by atoms with Gasteiger partial charge in [-0.2, -0.15) is 0 Å². The highest BCUT2D eigenvalue weighted by atomic mass is 32.2. The lowest BCUT2D eigenvalue weighted by atomic mass is 9.98. The van der Waals surface area contributed by atoms with Gasteiger partial charge >= 0.3 is 0 Å². The zero-order valence-corrected chi connectivity index (χ0v) is 18.9. The van der Waals surface area contributed by atoms with Crippen LogP contribution in [0.25, 0.3) is 22.1 Å². The van der Waals surface area contributed by atoms with E-state index in [1.807, 2.05) is 12.1 Å². The number of nitrogens with zero attached hydrogens (tertiary/aromatic N) is 1. The smallest absolute Gasteiger partial charge is 0.200 e. The third-order valence-electron chi connectivity index (χ3n) is 5.43. The second-order valence-corrected chi connectivity index (χ2v) is 9.28. The molecule has 3 aromatic rings. The van der Waals surface area contributed by atoms with E-state index >= 15 is 0 Å². The maximum atomic E-state index is 13.0. The summed E-state index contributed by atoms with van der Waals surface area (Å²) in [6.07, 6.45) is 1.47. The third-order valence-corrected chi connectivity index (χ3v) is 5.81. The van der Waals surface area contributed by atoms with E-state index in [2.05, 4.69) is 35.3 Å². The monoisotopic (exact) mass is 449 g/mol. The van der Waals surface area contributed by atoms with Crippen LogP contribution in [0.15, 0.2) is 57.9 Å². The van der Waals surface area contributed by atoms with Crippen LogP contribution in [-0.4, -0.2) is 33.3 Å². The summed E-state index contributed by atoms with van der Waals surface area (Å²) in [4.78, 5) is 15.4. The van der Waals surface area contributed by atoms with Crippen LogP contribution in [-0.2, 0) is 17.8 Å². The first-order valence-electron chi connectivity index (χ1n) is 10.6. The Labute approximate surface area is 190 Å². The van der Waals surface area contributed by atoms with Gasteiger partial charge in [-0.15, -0.1) is 0 Å². The fourth-order valence-electron chi connectivity index (χ4n) is 3.86. The first-order valence-corrected chi connectivity index (χ1v) is 11.7. The Hall–Kier alpha value is -2.76. The third kappa shape index (κ3) is 5.34. The SMILES string of the molecule is CC(C)CN1CC(C#Cc2ccc3c(=O)c(-c4ccc(CNS(=O)[O-])cc4)coc3c2)C1. The van der Waals surface area contributed by atoms with Crippen molar-refractivity contribution in [1.82, 2.24) is 9.62 Å². The van der Waals surface area contributed by atoms with E-state index in [9.17, 15) is 13.6 Å². The van der Waals surface area contributed by atoms with Gasteiger partial charge in [0, 0.05) is 48.9 Å². The fourth-order valence-corrected chi connectivity index (χ4v) is 4.15. The lowest BCUT2D eigenvalue weighted by Crippen LogP contribution is -2.47. The van der Waals surface area contributed by atoms with Crippen molar-refractivity contribution in [1.29, 1.82) is 0 Å². The molecule has 0 bridgehead atoms. The van der Waals surface area contributed by atoms with Crippen molar-refractivity contribution < 1.29 is 13.2 Å². The molecule has 32 heavy (non-hydrogen) atoms. The zero-order chi connectivity index (χ0) is 22.7. The molecule has 2 heterocycles. The number of benzene rings is 2. The van der Waals surface area contributed by atoms with E-state index in [4.69, 9.17) is 4.42 Å². The van der Waals surface area contributed by atoms with Crippen molar-refractivity contribution >= 4 is 22.2 Å². The summed E-state index contributed by atoms with van der Waals surface area (Å²) < 4.78 is 29.3. The van der Waals surface area contributed by atoms with Crippen LogP contribution in [0.1, 0.15) is 25.0 Å². The van der Waals surface area contributed by atoms with Gasteiger partial charge in [0.1, 0.15) is 11.8 Å². The normalized spacial score (nSPS) is 15.4. The number of likely N-dealkylation sites (tertiary alicyclic amines) is 1. The molecule has 1 aromatic heterocycles. The molecule has 4 rings (SSSR count). The van der Waals surface area contributed by atoms with Crippen LogP contribution in [0.4, 0.5) is 0 Å². The lowest BCUT2D eigenvalue weighted by Gasteiger charge is -2.37. The highest BCUT2D eigenvalue weighted by Crippen LogP contribution is 2.22. The molecule has 0 aliphatic carbocycles. The van der Waals surface area contributed by atoms with Gasteiger partial charge < -0.3 is 13.9 Å². The number of fused-ring (bicyclic) bond motifs is 1. The fraction of sp³-hybridized carbons (Fsp3) is 0.320. The Morgan fingerprint density at radius 3 is 2.66 bits per heavy atom. The van der Waals surface area contributed by atoms with Crippen LogP contribution < -0.4 is 10.2 Å². The van der Waals surface area contributed by atoms with Crippen molar-refractivity contribution in [3.63, 3.8) is 0 Å². The standard InChI is InChI=1S/C25H26N2O4S/c1-17(2)13-27-14-20(15-27)4-3-18-7-10-22-24(11-18)31-16-23(25(22)28)21-8-5-19(6-9-21)12-26-32(29)30/h5-11,16-17,20,26H,12-15H2,1-2H3,(H,29,30)/p-1. The van der Waals surface area contributed by atoms with Crippen molar-refractivity contribution in [3.05, 3.63) is 70.1 Å². The number of hydrogen-bond acceptors (Lipinski definition) is 5. The minimum Gasteiger partial charge on any atom is -0.760 e. The number of rotatable bonds is 6. The highest BCUT2D eigenvalue weighted by Gasteiger charge is 2.24. The molecule has 7 heteroatoms. The predicted molar refractivity (Wildman–Crippen MR) is 125 cm³/mol. The second-order valence-electron chi connectivity index (χ2n) is 8.52. The summed E-state index contributed by atoms with van der Waals surface area (Å²) in [7, 11) is 0. The summed E-state index contributed by atoms with van der Waals surface area (Å²) in [6, 6.07) is 12.6. The van der Waals surface area contributed by atoms with Gasteiger partial charge in [-0.3, -0.25) is 9.00 Å². The predicted octanol–water partition coefficient (Wildman–Crippen LogP) is 3.28. The topological polar surface area (TPSA) is 85.6 Å². The largest absolute Gasteiger partial charge is 0.760 e. The highest BCUT2D eigenvalue weighted by molar-refractivity contribution is 7.77. The van der Waals surface area contributed by atoms with Gasteiger partial charge in [-0.1, -0.05) is 50.0 Å². The molecule has 0 saturated carbocycles. The summed E-state index contributed by atoms with van der Waals surface area (Å²) in [5.74, 6) is 7.60. The van der Waals surface area contributed by atoms with Crippen LogP contribution in [0.3, 0.4) is 0 Å². The average molecular weight is 450 g/mol. The van der Waals surface area contributed by atoms with Gasteiger partial charge in [0.2, 0.25) is 0 Å². The number of nitrogens with one attached hydrogen (secondary N) is 1. The maximum absolute atomic E-state index is 13.0. The first-order chi connectivity index (χ1) is 15.4. The molecule has 0 radical (unpaired) electrons. The summed E-state index contributed by atoms with van der Waals surface area (Å²) in [5, 5.41) is 0.507. The van der Waals surface area contributed by atoms with E-state index < -0.39 is 11.3 Å². The molecule has 1 atom stereocenters. The van der Waals surface area contributed by atoms with Crippen molar-refractivity contribution in [3.8, 4) is 23.0 Å². The Morgan fingerprint density at radius 2 is 1.97 bits per heavy atom. The van der Waals surface area contributed by atoms with E-state index in [1.54, 1.807) is 30.3 Å². The van der Waals surface area contributed by atoms with E-state index in [0.717, 1.165) is 30.8 Å². The Balaban J connectivity index is 1.49. The van der Waals surface area contributed by atoms with Gasteiger partial charge in [0.15, 0.2) is 5.43 Å². The molecule has 2 aromatic carbocycles. The van der Waals surface area contributed by atoms with Gasteiger partial charge in [-0.25, -0.2) is 4.72 Å². The van der Waals surface area contributed by atoms with E-state index in [-0.39, 0.29) is 12.0 Å².